The van der Waals surface area contributed by atoms with Crippen molar-refractivity contribution in [2.24, 2.45) is 5.92 Å². The Morgan fingerprint density at radius 2 is 1.68 bits per heavy atom. The van der Waals surface area contributed by atoms with Crippen LogP contribution >= 0.6 is 0 Å². The van der Waals surface area contributed by atoms with Crippen LogP contribution in [0.3, 0.4) is 0 Å². The molecule has 0 bridgehead atoms. The Morgan fingerprint density at radius 1 is 0.964 bits per heavy atom. The van der Waals surface area contributed by atoms with E-state index in [0.717, 1.165) is 17.9 Å². The fourth-order valence-electron chi connectivity index (χ4n) is 4.31. The topological polar surface area (TPSA) is 18.5 Å². The van der Waals surface area contributed by atoms with Crippen LogP contribution < -0.4 is 9.47 Å². The summed E-state index contributed by atoms with van der Waals surface area (Å²) in [7, 11) is 0. The first-order valence-electron chi connectivity index (χ1n) is 10.4. The van der Waals surface area contributed by atoms with E-state index in [2.05, 4.69) is 19.1 Å². The van der Waals surface area contributed by atoms with Crippen molar-refractivity contribution < 1.29 is 18.3 Å². The molecule has 4 rings (SSSR count). The molecule has 1 aliphatic heterocycles. The predicted octanol–water partition coefficient (Wildman–Crippen LogP) is 6.55. The zero-order valence-electron chi connectivity index (χ0n) is 16.6. The average molecular weight is 386 g/mol. The summed E-state index contributed by atoms with van der Waals surface area (Å²) in [6.07, 6.45) is 6.44. The van der Waals surface area contributed by atoms with Crippen LogP contribution in [0.2, 0.25) is 0 Å². The van der Waals surface area contributed by atoms with Gasteiger partial charge in [-0.25, -0.2) is 0 Å². The van der Waals surface area contributed by atoms with Gasteiger partial charge in [0.2, 0.25) is 11.6 Å². The first kappa shape index (κ1) is 19.2. The summed E-state index contributed by atoms with van der Waals surface area (Å²) in [5.74, 6) is -0.443. The molecule has 1 aliphatic carbocycles. The van der Waals surface area contributed by atoms with Gasteiger partial charge in [0, 0.05) is 5.56 Å². The standard InChI is InChI=1S/C24H28F2O2/c1-15-3-8-18(9-4-15)19-11-6-17(7-12-19)14-27-21-13-20-10-5-16(2)28-24(20)23(26)22(21)25/h6-7,11-13,15-16,18H,3-5,8-10,14H2,1-2H3. The molecule has 0 aromatic heterocycles. The Kier molecular flexibility index (Phi) is 5.56. The van der Waals surface area contributed by atoms with E-state index in [0.29, 0.717) is 17.9 Å². The Labute approximate surface area is 165 Å². The van der Waals surface area contributed by atoms with Crippen molar-refractivity contribution in [3.8, 4) is 11.5 Å². The van der Waals surface area contributed by atoms with E-state index in [1.807, 2.05) is 19.1 Å². The van der Waals surface area contributed by atoms with Crippen molar-refractivity contribution in [3.05, 3.63) is 58.7 Å². The highest BCUT2D eigenvalue weighted by Gasteiger charge is 2.26. The number of hydrogen-bond acceptors (Lipinski definition) is 2. The summed E-state index contributed by atoms with van der Waals surface area (Å²) in [6, 6.07) is 9.95. The van der Waals surface area contributed by atoms with E-state index >= 15 is 0 Å². The van der Waals surface area contributed by atoms with Crippen LogP contribution in [0.25, 0.3) is 0 Å². The van der Waals surface area contributed by atoms with Gasteiger partial charge in [0.15, 0.2) is 11.5 Å². The smallest absolute Gasteiger partial charge is 0.204 e. The quantitative estimate of drug-likeness (QED) is 0.593. The molecule has 1 heterocycles. The maximum atomic E-state index is 14.4. The van der Waals surface area contributed by atoms with Gasteiger partial charge in [0.1, 0.15) is 6.61 Å². The van der Waals surface area contributed by atoms with Gasteiger partial charge in [-0.1, -0.05) is 44.0 Å². The van der Waals surface area contributed by atoms with Gasteiger partial charge in [-0.15, -0.1) is 0 Å². The van der Waals surface area contributed by atoms with Crippen molar-refractivity contribution in [2.75, 3.05) is 0 Å². The second kappa shape index (κ2) is 8.10. The summed E-state index contributed by atoms with van der Waals surface area (Å²) in [4.78, 5) is 0. The maximum Gasteiger partial charge on any atom is 0.204 e. The van der Waals surface area contributed by atoms with E-state index < -0.39 is 11.6 Å². The molecule has 0 N–H and O–H groups in total. The van der Waals surface area contributed by atoms with Crippen LogP contribution in [-0.4, -0.2) is 6.10 Å². The zero-order chi connectivity index (χ0) is 19.7. The van der Waals surface area contributed by atoms with Crippen LogP contribution in [0, 0.1) is 17.6 Å². The van der Waals surface area contributed by atoms with Gasteiger partial charge in [0.25, 0.3) is 0 Å². The number of aryl methyl sites for hydroxylation is 1. The maximum absolute atomic E-state index is 14.4. The first-order chi connectivity index (χ1) is 13.5. The van der Waals surface area contributed by atoms with Crippen molar-refractivity contribution in [1.29, 1.82) is 0 Å². The zero-order valence-corrected chi connectivity index (χ0v) is 16.6. The lowest BCUT2D eigenvalue weighted by Gasteiger charge is -2.26. The van der Waals surface area contributed by atoms with Crippen molar-refractivity contribution in [3.63, 3.8) is 0 Å². The molecular formula is C24H28F2O2. The van der Waals surface area contributed by atoms with Crippen molar-refractivity contribution >= 4 is 0 Å². The largest absolute Gasteiger partial charge is 0.487 e. The minimum Gasteiger partial charge on any atom is -0.487 e. The molecule has 2 aliphatic rings. The Hall–Kier alpha value is -2.10. The van der Waals surface area contributed by atoms with E-state index in [-0.39, 0.29) is 24.2 Å². The lowest BCUT2D eigenvalue weighted by Crippen LogP contribution is -2.20. The second-order valence-corrected chi connectivity index (χ2v) is 8.45. The van der Waals surface area contributed by atoms with Crippen LogP contribution in [0.1, 0.15) is 68.6 Å². The van der Waals surface area contributed by atoms with E-state index in [1.54, 1.807) is 6.07 Å². The number of hydrogen-bond donors (Lipinski definition) is 0. The van der Waals surface area contributed by atoms with Crippen LogP contribution in [0.15, 0.2) is 30.3 Å². The summed E-state index contributed by atoms with van der Waals surface area (Å²) >= 11 is 0. The van der Waals surface area contributed by atoms with Gasteiger partial charge in [-0.2, -0.15) is 8.78 Å². The molecule has 2 aromatic rings. The third kappa shape index (κ3) is 4.01. The van der Waals surface area contributed by atoms with Crippen LogP contribution in [0.5, 0.6) is 11.5 Å². The van der Waals surface area contributed by atoms with Gasteiger partial charge in [0.05, 0.1) is 6.10 Å². The molecule has 1 saturated carbocycles. The number of ether oxygens (including phenoxy) is 2. The van der Waals surface area contributed by atoms with Crippen molar-refractivity contribution in [1.82, 2.24) is 0 Å². The van der Waals surface area contributed by atoms with Gasteiger partial charge in [-0.05, 0) is 61.6 Å². The van der Waals surface area contributed by atoms with Crippen molar-refractivity contribution in [2.45, 2.75) is 71.0 Å². The number of fused-ring (bicyclic) bond motifs is 1. The first-order valence-corrected chi connectivity index (χ1v) is 10.4. The molecule has 150 valence electrons. The average Bonchev–Trinajstić information content (AvgIpc) is 2.71. The molecule has 2 aromatic carbocycles. The third-order valence-corrected chi connectivity index (χ3v) is 6.21. The molecule has 2 nitrogen and oxygen atoms in total. The summed E-state index contributed by atoms with van der Waals surface area (Å²) in [5.41, 5.74) is 3.00. The molecule has 0 amide bonds. The number of benzene rings is 2. The van der Waals surface area contributed by atoms with Crippen LogP contribution in [0.4, 0.5) is 8.78 Å². The number of halogens is 2. The molecule has 1 unspecified atom stereocenters. The molecule has 0 spiro atoms. The Balaban J connectivity index is 1.43. The third-order valence-electron chi connectivity index (χ3n) is 6.21. The lowest BCUT2D eigenvalue weighted by atomic mass is 9.79. The minimum atomic E-state index is -0.971. The molecule has 1 atom stereocenters. The SMILES string of the molecule is CC1CCC(c2ccc(COc3cc4c(c(F)c3F)OC(C)CC4)cc2)CC1. The fourth-order valence-corrected chi connectivity index (χ4v) is 4.31. The van der Waals surface area contributed by atoms with E-state index in [4.69, 9.17) is 9.47 Å². The molecular weight excluding hydrogens is 358 g/mol. The normalized spacial score (nSPS) is 24.4. The molecule has 0 saturated heterocycles. The fraction of sp³-hybridized carbons (Fsp3) is 0.500. The molecule has 1 fully saturated rings. The van der Waals surface area contributed by atoms with Gasteiger partial charge < -0.3 is 9.47 Å². The highest BCUT2D eigenvalue weighted by Crippen LogP contribution is 2.37. The summed E-state index contributed by atoms with van der Waals surface area (Å²) < 4.78 is 39.8. The molecule has 28 heavy (non-hydrogen) atoms. The highest BCUT2D eigenvalue weighted by molar-refractivity contribution is 5.44. The number of rotatable bonds is 4. The second-order valence-electron chi connectivity index (χ2n) is 8.45. The highest BCUT2D eigenvalue weighted by atomic mass is 19.2. The Morgan fingerprint density at radius 3 is 2.39 bits per heavy atom. The predicted molar refractivity (Wildman–Crippen MR) is 106 cm³/mol. The van der Waals surface area contributed by atoms with Gasteiger partial charge in [-0.3, -0.25) is 0 Å². The molecule has 0 radical (unpaired) electrons. The monoisotopic (exact) mass is 386 g/mol. The van der Waals surface area contributed by atoms with E-state index in [1.165, 1.54) is 31.2 Å². The molecule has 4 heteroatoms. The van der Waals surface area contributed by atoms with E-state index in [9.17, 15) is 8.78 Å². The van der Waals surface area contributed by atoms with Gasteiger partial charge >= 0.3 is 0 Å². The summed E-state index contributed by atoms with van der Waals surface area (Å²) in [5, 5.41) is 0. The van der Waals surface area contributed by atoms with Crippen LogP contribution in [-0.2, 0) is 13.0 Å². The Bertz CT molecular complexity index is 823. The minimum absolute atomic E-state index is 0.0368. The summed E-state index contributed by atoms with van der Waals surface area (Å²) in [6.45, 7) is 4.41. The lowest BCUT2D eigenvalue weighted by molar-refractivity contribution is 0.178.